The van der Waals surface area contributed by atoms with E-state index < -0.39 is 6.04 Å². The van der Waals surface area contributed by atoms with Crippen LogP contribution in [0.3, 0.4) is 0 Å². The molecule has 6 heteroatoms. The molecule has 2 rings (SSSR count). The van der Waals surface area contributed by atoms with Crippen molar-refractivity contribution in [2.75, 3.05) is 20.8 Å². The Bertz CT molecular complexity index is 833. The predicted octanol–water partition coefficient (Wildman–Crippen LogP) is 3.24. The van der Waals surface area contributed by atoms with E-state index in [1.165, 1.54) is 0 Å². The van der Waals surface area contributed by atoms with E-state index in [1.54, 1.807) is 19.1 Å². The topological polar surface area (TPSA) is 67.9 Å². The number of methoxy groups -OCH3 is 1. The van der Waals surface area contributed by atoms with Crippen LogP contribution in [0.5, 0.6) is 11.5 Å². The number of hydrogen-bond acceptors (Lipinski definition) is 4. The van der Waals surface area contributed by atoms with Crippen molar-refractivity contribution in [3.63, 3.8) is 0 Å². The van der Waals surface area contributed by atoms with Gasteiger partial charge in [0.2, 0.25) is 5.91 Å². The molecule has 2 aromatic carbocycles. The van der Waals surface area contributed by atoms with Gasteiger partial charge in [0, 0.05) is 13.6 Å². The number of nitrogens with zero attached hydrogens (tertiary/aromatic N) is 1. The van der Waals surface area contributed by atoms with Gasteiger partial charge in [0.25, 0.3) is 5.91 Å². The van der Waals surface area contributed by atoms with Gasteiger partial charge in [-0.05, 0) is 55.2 Å². The summed E-state index contributed by atoms with van der Waals surface area (Å²) in [6.45, 7) is 5.98. The molecule has 2 aromatic rings. The van der Waals surface area contributed by atoms with Crippen LogP contribution in [-0.4, -0.2) is 43.5 Å². The summed E-state index contributed by atoms with van der Waals surface area (Å²) in [7, 11) is 3.18. The molecule has 6 nitrogen and oxygen atoms in total. The first kappa shape index (κ1) is 22.3. The molecule has 0 aliphatic rings. The molecule has 2 amide bonds. The molecule has 156 valence electrons. The van der Waals surface area contributed by atoms with Crippen LogP contribution >= 0.6 is 0 Å². The molecular weight excluding hydrogens is 368 g/mol. The largest absolute Gasteiger partial charge is 0.497 e. The van der Waals surface area contributed by atoms with Crippen molar-refractivity contribution in [2.24, 2.45) is 0 Å². The van der Waals surface area contributed by atoms with E-state index in [2.05, 4.69) is 5.32 Å². The number of benzene rings is 2. The van der Waals surface area contributed by atoms with Crippen molar-refractivity contribution in [1.82, 2.24) is 10.2 Å². The summed E-state index contributed by atoms with van der Waals surface area (Å²) in [6.07, 6.45) is 0.505. The Morgan fingerprint density at radius 3 is 2.38 bits per heavy atom. The van der Waals surface area contributed by atoms with Crippen LogP contribution in [0.1, 0.15) is 30.0 Å². The molecule has 0 unspecified atom stereocenters. The molecule has 0 saturated heterocycles. The summed E-state index contributed by atoms with van der Waals surface area (Å²) >= 11 is 0. The van der Waals surface area contributed by atoms with Gasteiger partial charge in [-0.25, -0.2) is 0 Å². The van der Waals surface area contributed by atoms with Gasteiger partial charge in [-0.15, -0.1) is 0 Å². The fraction of sp³-hybridized carbons (Fsp3) is 0.391. The first-order valence-electron chi connectivity index (χ1n) is 9.73. The van der Waals surface area contributed by atoms with Crippen molar-refractivity contribution >= 4 is 11.8 Å². The number of rotatable bonds is 9. The van der Waals surface area contributed by atoms with E-state index in [4.69, 9.17) is 9.47 Å². The van der Waals surface area contributed by atoms with E-state index >= 15 is 0 Å². The number of hydrogen-bond donors (Lipinski definition) is 1. The van der Waals surface area contributed by atoms with Gasteiger partial charge in [-0.1, -0.05) is 31.2 Å². The van der Waals surface area contributed by atoms with Crippen LogP contribution in [0.4, 0.5) is 0 Å². The van der Waals surface area contributed by atoms with Gasteiger partial charge in [-0.3, -0.25) is 9.59 Å². The van der Waals surface area contributed by atoms with Gasteiger partial charge < -0.3 is 19.7 Å². The Balaban J connectivity index is 2.21. The molecule has 0 aliphatic carbocycles. The quantitative estimate of drug-likeness (QED) is 0.704. The van der Waals surface area contributed by atoms with E-state index in [0.29, 0.717) is 18.7 Å². The second kappa shape index (κ2) is 10.5. The molecule has 0 heterocycles. The number of carbonyl (C=O) groups excluding carboxylic acids is 2. The fourth-order valence-electron chi connectivity index (χ4n) is 3.10. The zero-order chi connectivity index (χ0) is 21.4. The van der Waals surface area contributed by atoms with Gasteiger partial charge in [0.15, 0.2) is 6.61 Å². The maximum atomic E-state index is 13.1. The van der Waals surface area contributed by atoms with Crippen LogP contribution in [0.25, 0.3) is 0 Å². The van der Waals surface area contributed by atoms with Gasteiger partial charge in [-0.2, -0.15) is 0 Å². The van der Waals surface area contributed by atoms with Gasteiger partial charge >= 0.3 is 0 Å². The fourth-order valence-corrected chi connectivity index (χ4v) is 3.10. The number of aryl methyl sites for hydroxylation is 2. The summed E-state index contributed by atoms with van der Waals surface area (Å²) in [5, 5.41) is 2.65. The normalized spacial score (nSPS) is 11.5. The summed E-state index contributed by atoms with van der Waals surface area (Å²) in [6, 6.07) is 12.8. The van der Waals surface area contributed by atoms with Crippen LogP contribution in [0.15, 0.2) is 42.5 Å². The highest BCUT2D eigenvalue weighted by Crippen LogP contribution is 2.20. The Kier molecular flexibility index (Phi) is 8.07. The van der Waals surface area contributed by atoms with Crippen molar-refractivity contribution in [1.29, 1.82) is 0 Å². The van der Waals surface area contributed by atoms with Crippen LogP contribution in [0, 0.1) is 13.8 Å². The number of likely N-dealkylation sites (N-methyl/N-ethyl adjacent to an activating group) is 1. The standard InChI is InChI=1S/C23H30N2O4/c1-6-20(23(27)24-4)25(14-18-9-11-19(28-5)12-10-18)22(26)15-29-21-13-16(2)7-8-17(21)3/h7-13,20H,6,14-15H2,1-5H3,(H,24,27)/t20-/m1/s1. The number of ether oxygens (including phenoxy) is 2. The third-order valence-corrected chi connectivity index (χ3v) is 4.84. The highest BCUT2D eigenvalue weighted by molar-refractivity contribution is 5.88. The predicted molar refractivity (Wildman–Crippen MR) is 113 cm³/mol. The first-order valence-corrected chi connectivity index (χ1v) is 9.73. The maximum Gasteiger partial charge on any atom is 0.261 e. The molecule has 0 radical (unpaired) electrons. The molecular formula is C23H30N2O4. The molecule has 0 aliphatic heterocycles. The minimum Gasteiger partial charge on any atom is -0.497 e. The lowest BCUT2D eigenvalue weighted by Gasteiger charge is -2.30. The van der Waals surface area contributed by atoms with Crippen molar-refractivity contribution in [3.05, 3.63) is 59.2 Å². The summed E-state index contributed by atoms with van der Waals surface area (Å²) in [5.74, 6) is 0.984. The Hall–Kier alpha value is -3.02. The summed E-state index contributed by atoms with van der Waals surface area (Å²) in [4.78, 5) is 27.0. The third kappa shape index (κ3) is 5.98. The molecule has 0 bridgehead atoms. The minimum atomic E-state index is -0.572. The average molecular weight is 399 g/mol. The Morgan fingerprint density at radius 2 is 1.79 bits per heavy atom. The van der Waals surface area contributed by atoms with E-state index in [9.17, 15) is 9.59 Å². The van der Waals surface area contributed by atoms with Gasteiger partial charge in [0.1, 0.15) is 17.5 Å². The van der Waals surface area contributed by atoms with E-state index in [0.717, 1.165) is 22.4 Å². The first-order chi connectivity index (χ1) is 13.9. The van der Waals surface area contributed by atoms with Gasteiger partial charge in [0.05, 0.1) is 7.11 Å². The lowest BCUT2D eigenvalue weighted by atomic mass is 10.1. The smallest absolute Gasteiger partial charge is 0.261 e. The minimum absolute atomic E-state index is 0.131. The average Bonchev–Trinajstić information content (AvgIpc) is 2.74. The second-order valence-electron chi connectivity index (χ2n) is 6.97. The zero-order valence-electron chi connectivity index (χ0n) is 17.8. The molecule has 0 saturated carbocycles. The zero-order valence-corrected chi connectivity index (χ0v) is 17.8. The van der Waals surface area contributed by atoms with Crippen molar-refractivity contribution in [3.8, 4) is 11.5 Å². The summed E-state index contributed by atoms with van der Waals surface area (Å²) < 4.78 is 11.0. The van der Waals surface area contributed by atoms with Crippen molar-refractivity contribution in [2.45, 2.75) is 39.8 Å². The van der Waals surface area contributed by atoms with Crippen LogP contribution in [0.2, 0.25) is 0 Å². The van der Waals surface area contributed by atoms with Crippen LogP contribution < -0.4 is 14.8 Å². The van der Waals surface area contributed by atoms with E-state index in [-0.39, 0.29) is 18.4 Å². The van der Waals surface area contributed by atoms with Crippen LogP contribution in [-0.2, 0) is 16.1 Å². The SMILES string of the molecule is CC[C@H](C(=O)NC)N(Cc1ccc(OC)cc1)C(=O)COc1cc(C)ccc1C. The highest BCUT2D eigenvalue weighted by atomic mass is 16.5. The Labute approximate surface area is 172 Å². The molecule has 29 heavy (non-hydrogen) atoms. The molecule has 1 N–H and O–H groups in total. The number of amides is 2. The molecule has 0 fully saturated rings. The van der Waals surface area contributed by atoms with Crippen molar-refractivity contribution < 1.29 is 19.1 Å². The number of carbonyl (C=O) groups is 2. The summed E-state index contributed by atoms with van der Waals surface area (Å²) in [5.41, 5.74) is 2.93. The number of nitrogens with one attached hydrogen (secondary N) is 1. The lowest BCUT2D eigenvalue weighted by molar-refractivity contribution is -0.142. The third-order valence-electron chi connectivity index (χ3n) is 4.84. The monoisotopic (exact) mass is 398 g/mol. The Morgan fingerprint density at radius 1 is 1.10 bits per heavy atom. The maximum absolute atomic E-state index is 13.1. The molecule has 0 aromatic heterocycles. The highest BCUT2D eigenvalue weighted by Gasteiger charge is 2.28. The lowest BCUT2D eigenvalue weighted by Crippen LogP contribution is -2.49. The molecule has 1 atom stereocenters. The second-order valence-corrected chi connectivity index (χ2v) is 6.97. The van der Waals surface area contributed by atoms with E-state index in [1.807, 2.05) is 63.2 Å². The molecule has 0 spiro atoms.